The average molecular weight is 389 g/mol. The highest BCUT2D eigenvalue weighted by Crippen LogP contribution is 2.36. The topological polar surface area (TPSA) is 95.9 Å². The van der Waals surface area contributed by atoms with Crippen molar-refractivity contribution >= 4 is 40.8 Å². The van der Waals surface area contributed by atoms with E-state index >= 15 is 0 Å². The minimum Gasteiger partial charge on any atom is -0.507 e. The Kier molecular flexibility index (Phi) is 4.80. The summed E-state index contributed by atoms with van der Waals surface area (Å²) in [6.45, 7) is 2.59. The highest BCUT2D eigenvalue weighted by Gasteiger charge is 2.43. The molecule has 1 aliphatic heterocycles. The summed E-state index contributed by atoms with van der Waals surface area (Å²) in [5, 5.41) is 12.8. The third kappa shape index (κ3) is 3.46. The number of nitrogens with one attached hydrogen (secondary N) is 1. The van der Waals surface area contributed by atoms with Crippen LogP contribution in [-0.4, -0.2) is 35.0 Å². The number of hydrogen-bond acceptors (Lipinski definition) is 5. The van der Waals surface area contributed by atoms with Crippen molar-refractivity contribution in [3.8, 4) is 5.75 Å². The first-order valence-corrected chi connectivity index (χ1v) is 8.49. The van der Waals surface area contributed by atoms with Crippen LogP contribution in [0.4, 0.5) is 11.4 Å². The Morgan fingerprint density at radius 3 is 2.67 bits per heavy atom. The fraction of sp³-hybridized carbons (Fsp3) is 0.211. The van der Waals surface area contributed by atoms with Crippen LogP contribution in [0, 0.1) is 0 Å². The molecule has 0 saturated heterocycles. The number of phenolic OH excluding ortho intramolecular Hbond substituents is 1. The lowest BCUT2D eigenvalue weighted by Crippen LogP contribution is -2.59. The smallest absolute Gasteiger partial charge is 0.342 e. The maximum atomic E-state index is 12.8. The quantitative estimate of drug-likeness (QED) is 0.788. The van der Waals surface area contributed by atoms with Crippen LogP contribution in [0.1, 0.15) is 24.2 Å². The van der Waals surface area contributed by atoms with Gasteiger partial charge in [-0.25, -0.2) is 4.79 Å². The molecule has 2 aromatic carbocycles. The van der Waals surface area contributed by atoms with Gasteiger partial charge in [0, 0.05) is 5.02 Å². The number of anilines is 2. The van der Waals surface area contributed by atoms with Gasteiger partial charge in [-0.1, -0.05) is 23.7 Å². The second-order valence-electron chi connectivity index (χ2n) is 6.50. The summed E-state index contributed by atoms with van der Waals surface area (Å²) in [5.41, 5.74) is -0.315. The highest BCUT2D eigenvalue weighted by atomic mass is 35.5. The monoisotopic (exact) mass is 388 g/mol. The number of carbonyl (C=O) groups is 3. The number of para-hydroxylation sites is 2. The van der Waals surface area contributed by atoms with Crippen LogP contribution < -0.4 is 10.2 Å². The molecule has 0 aliphatic carbocycles. The molecule has 0 saturated carbocycles. The minimum atomic E-state index is -1.17. The molecule has 0 aromatic heterocycles. The van der Waals surface area contributed by atoms with Crippen molar-refractivity contribution in [1.29, 1.82) is 0 Å². The molecular formula is C19H17ClN2O5. The predicted octanol–water partition coefficient (Wildman–Crippen LogP) is 2.97. The molecule has 0 bridgehead atoms. The van der Waals surface area contributed by atoms with Crippen LogP contribution in [0.5, 0.6) is 5.75 Å². The van der Waals surface area contributed by atoms with Gasteiger partial charge in [0.1, 0.15) is 16.9 Å². The molecule has 0 spiro atoms. The van der Waals surface area contributed by atoms with Gasteiger partial charge in [-0.05, 0) is 44.2 Å². The first kappa shape index (κ1) is 18.7. The van der Waals surface area contributed by atoms with Crippen molar-refractivity contribution in [2.75, 3.05) is 16.8 Å². The van der Waals surface area contributed by atoms with Crippen LogP contribution in [-0.2, 0) is 14.3 Å². The van der Waals surface area contributed by atoms with Gasteiger partial charge in [0.2, 0.25) is 5.91 Å². The van der Waals surface area contributed by atoms with E-state index in [4.69, 9.17) is 16.3 Å². The second kappa shape index (κ2) is 6.92. The lowest BCUT2D eigenvalue weighted by molar-refractivity contribution is -0.128. The Hall–Kier alpha value is -3.06. The summed E-state index contributed by atoms with van der Waals surface area (Å²) in [4.78, 5) is 38.6. The standard InChI is InChI=1S/C19H17ClN2O5/c1-19(2)18(26)21-13-5-3-4-6-14(13)22(19)16(24)10-27-17(25)12-9-11(20)7-8-15(12)23/h3-9,23H,10H2,1-2H3,(H,21,26). The van der Waals surface area contributed by atoms with E-state index in [0.717, 1.165) is 0 Å². The number of esters is 1. The van der Waals surface area contributed by atoms with Crippen molar-refractivity contribution in [1.82, 2.24) is 0 Å². The van der Waals surface area contributed by atoms with Crippen molar-refractivity contribution in [3.05, 3.63) is 53.1 Å². The zero-order valence-corrected chi connectivity index (χ0v) is 15.4. The maximum Gasteiger partial charge on any atom is 0.342 e. The van der Waals surface area contributed by atoms with Crippen LogP contribution >= 0.6 is 11.6 Å². The molecule has 0 unspecified atom stereocenters. The number of benzene rings is 2. The molecule has 1 heterocycles. The molecule has 2 aromatic rings. The zero-order valence-electron chi connectivity index (χ0n) is 14.7. The van der Waals surface area contributed by atoms with Gasteiger partial charge in [0.15, 0.2) is 6.61 Å². The van der Waals surface area contributed by atoms with E-state index in [9.17, 15) is 19.5 Å². The molecule has 0 fully saturated rings. The number of hydrogen-bond donors (Lipinski definition) is 2. The molecule has 3 rings (SSSR count). The number of nitrogens with zero attached hydrogens (tertiary/aromatic N) is 1. The first-order valence-electron chi connectivity index (χ1n) is 8.11. The Labute approximate surface area is 160 Å². The molecule has 2 amide bonds. The van der Waals surface area contributed by atoms with E-state index < -0.39 is 24.0 Å². The third-order valence-electron chi connectivity index (χ3n) is 4.26. The number of halogens is 1. The molecular weight excluding hydrogens is 372 g/mol. The first-order chi connectivity index (χ1) is 12.7. The molecule has 8 heteroatoms. The van der Waals surface area contributed by atoms with Crippen LogP contribution in [0.2, 0.25) is 5.02 Å². The van der Waals surface area contributed by atoms with Crippen molar-refractivity contribution in [2.45, 2.75) is 19.4 Å². The maximum absolute atomic E-state index is 12.8. The fourth-order valence-electron chi connectivity index (χ4n) is 2.84. The summed E-state index contributed by atoms with van der Waals surface area (Å²) >= 11 is 5.82. The zero-order chi connectivity index (χ0) is 19.8. The van der Waals surface area contributed by atoms with E-state index in [1.54, 1.807) is 38.1 Å². The number of carbonyl (C=O) groups excluding carboxylic acids is 3. The van der Waals surface area contributed by atoms with Crippen molar-refractivity contribution in [2.24, 2.45) is 0 Å². The summed E-state index contributed by atoms with van der Waals surface area (Å²) in [7, 11) is 0. The molecule has 1 aliphatic rings. The van der Waals surface area contributed by atoms with E-state index in [0.29, 0.717) is 11.4 Å². The van der Waals surface area contributed by atoms with Gasteiger partial charge in [0.05, 0.1) is 11.4 Å². The van der Waals surface area contributed by atoms with Crippen molar-refractivity contribution in [3.63, 3.8) is 0 Å². The van der Waals surface area contributed by atoms with E-state index in [1.165, 1.54) is 23.1 Å². The summed E-state index contributed by atoms with van der Waals surface area (Å²) in [5.74, 6) is -2.12. The Bertz CT molecular complexity index is 941. The van der Waals surface area contributed by atoms with E-state index in [-0.39, 0.29) is 22.2 Å². The average Bonchev–Trinajstić information content (AvgIpc) is 2.62. The largest absolute Gasteiger partial charge is 0.507 e. The molecule has 2 N–H and O–H groups in total. The van der Waals surface area contributed by atoms with Gasteiger partial charge in [-0.3, -0.25) is 14.5 Å². The van der Waals surface area contributed by atoms with Gasteiger partial charge < -0.3 is 15.2 Å². The van der Waals surface area contributed by atoms with Crippen LogP contribution in [0.15, 0.2) is 42.5 Å². The fourth-order valence-corrected chi connectivity index (χ4v) is 3.01. The normalized spacial score (nSPS) is 14.9. The Morgan fingerprint density at radius 2 is 1.93 bits per heavy atom. The summed E-state index contributed by atoms with van der Waals surface area (Å²) < 4.78 is 5.04. The summed E-state index contributed by atoms with van der Waals surface area (Å²) in [6, 6.07) is 10.8. The Balaban J connectivity index is 1.82. The van der Waals surface area contributed by atoms with E-state index in [2.05, 4.69) is 5.32 Å². The summed E-state index contributed by atoms with van der Waals surface area (Å²) in [6.07, 6.45) is 0. The van der Waals surface area contributed by atoms with Gasteiger partial charge in [-0.2, -0.15) is 0 Å². The number of phenols is 1. The number of amides is 2. The second-order valence-corrected chi connectivity index (χ2v) is 6.93. The Morgan fingerprint density at radius 1 is 1.22 bits per heavy atom. The minimum absolute atomic E-state index is 0.147. The van der Waals surface area contributed by atoms with Crippen LogP contribution in [0.25, 0.3) is 0 Å². The number of ether oxygens (including phenoxy) is 1. The highest BCUT2D eigenvalue weighted by molar-refractivity contribution is 6.31. The number of fused-ring (bicyclic) bond motifs is 1. The van der Waals surface area contributed by atoms with Gasteiger partial charge in [-0.15, -0.1) is 0 Å². The number of rotatable bonds is 3. The van der Waals surface area contributed by atoms with Crippen LogP contribution in [0.3, 0.4) is 0 Å². The van der Waals surface area contributed by atoms with Gasteiger partial charge >= 0.3 is 5.97 Å². The molecule has 27 heavy (non-hydrogen) atoms. The lowest BCUT2D eigenvalue weighted by atomic mass is 9.96. The SMILES string of the molecule is CC1(C)C(=O)Nc2ccccc2N1C(=O)COC(=O)c1cc(Cl)ccc1O. The van der Waals surface area contributed by atoms with Gasteiger partial charge in [0.25, 0.3) is 5.91 Å². The number of aromatic hydroxyl groups is 1. The van der Waals surface area contributed by atoms with E-state index in [1.807, 2.05) is 0 Å². The molecule has 140 valence electrons. The molecule has 0 atom stereocenters. The van der Waals surface area contributed by atoms with Crippen molar-refractivity contribution < 1.29 is 24.2 Å². The third-order valence-corrected chi connectivity index (χ3v) is 4.50. The molecule has 0 radical (unpaired) electrons. The lowest BCUT2D eigenvalue weighted by Gasteiger charge is -2.41. The molecule has 7 nitrogen and oxygen atoms in total. The predicted molar refractivity (Wildman–Crippen MR) is 100 cm³/mol.